The van der Waals surface area contributed by atoms with Crippen molar-refractivity contribution in [1.82, 2.24) is 5.32 Å². The molecule has 1 aliphatic rings. The fourth-order valence-electron chi connectivity index (χ4n) is 3.39. The smallest absolute Gasteiger partial charge is 0.0396 e. The molecule has 0 bridgehead atoms. The quantitative estimate of drug-likeness (QED) is 0.872. The lowest BCUT2D eigenvalue weighted by Crippen LogP contribution is -2.47. The SMILES string of the molecule is CNCC1(CN(C)c2cc(C)c(C)cc2C)CCC1. The topological polar surface area (TPSA) is 15.3 Å². The minimum Gasteiger partial charge on any atom is -0.374 e. The van der Waals surface area contributed by atoms with E-state index in [-0.39, 0.29) is 0 Å². The van der Waals surface area contributed by atoms with E-state index in [0.717, 1.165) is 13.1 Å². The van der Waals surface area contributed by atoms with Gasteiger partial charge in [-0.1, -0.05) is 12.5 Å². The van der Waals surface area contributed by atoms with Crippen molar-refractivity contribution >= 4 is 5.69 Å². The van der Waals surface area contributed by atoms with Gasteiger partial charge in [0.2, 0.25) is 0 Å². The average molecular weight is 260 g/mol. The maximum absolute atomic E-state index is 3.38. The number of hydrogen-bond donors (Lipinski definition) is 1. The van der Waals surface area contributed by atoms with E-state index in [1.54, 1.807) is 0 Å². The van der Waals surface area contributed by atoms with Crippen molar-refractivity contribution in [3.05, 3.63) is 28.8 Å². The number of rotatable bonds is 5. The van der Waals surface area contributed by atoms with Crippen LogP contribution in [0, 0.1) is 26.2 Å². The number of aryl methyl sites for hydroxylation is 3. The van der Waals surface area contributed by atoms with Gasteiger partial charge in [-0.3, -0.25) is 0 Å². The minimum atomic E-state index is 0.495. The van der Waals surface area contributed by atoms with Crippen LogP contribution in [-0.2, 0) is 0 Å². The van der Waals surface area contributed by atoms with E-state index in [4.69, 9.17) is 0 Å². The Hall–Kier alpha value is -1.02. The van der Waals surface area contributed by atoms with Gasteiger partial charge in [0.05, 0.1) is 0 Å². The lowest BCUT2D eigenvalue weighted by Gasteiger charge is -2.45. The number of hydrogen-bond acceptors (Lipinski definition) is 2. The van der Waals surface area contributed by atoms with Crippen molar-refractivity contribution in [2.24, 2.45) is 5.41 Å². The minimum absolute atomic E-state index is 0.495. The van der Waals surface area contributed by atoms with E-state index < -0.39 is 0 Å². The number of nitrogens with zero attached hydrogens (tertiary/aromatic N) is 1. The maximum Gasteiger partial charge on any atom is 0.0396 e. The Morgan fingerprint density at radius 1 is 1.11 bits per heavy atom. The Balaban J connectivity index is 2.15. The molecule has 1 aromatic carbocycles. The highest BCUT2D eigenvalue weighted by molar-refractivity contribution is 5.56. The third-order valence-electron chi connectivity index (χ3n) is 4.76. The summed E-state index contributed by atoms with van der Waals surface area (Å²) in [5.41, 5.74) is 6.07. The first-order valence-electron chi connectivity index (χ1n) is 7.41. The molecule has 1 fully saturated rings. The highest BCUT2D eigenvalue weighted by atomic mass is 15.1. The van der Waals surface area contributed by atoms with Crippen molar-refractivity contribution in [1.29, 1.82) is 0 Å². The van der Waals surface area contributed by atoms with Crippen LogP contribution in [0.1, 0.15) is 36.0 Å². The number of benzene rings is 1. The summed E-state index contributed by atoms with van der Waals surface area (Å²) < 4.78 is 0. The van der Waals surface area contributed by atoms with E-state index in [1.807, 2.05) is 0 Å². The molecule has 1 saturated carbocycles. The van der Waals surface area contributed by atoms with Gasteiger partial charge in [0.15, 0.2) is 0 Å². The fraction of sp³-hybridized carbons (Fsp3) is 0.647. The van der Waals surface area contributed by atoms with Crippen LogP contribution < -0.4 is 10.2 Å². The molecule has 0 amide bonds. The van der Waals surface area contributed by atoms with Gasteiger partial charge in [-0.05, 0) is 63.4 Å². The van der Waals surface area contributed by atoms with Crippen LogP contribution in [0.5, 0.6) is 0 Å². The van der Waals surface area contributed by atoms with Crippen LogP contribution in [0.4, 0.5) is 5.69 Å². The van der Waals surface area contributed by atoms with Crippen molar-refractivity contribution < 1.29 is 0 Å². The molecule has 0 heterocycles. The average Bonchev–Trinajstić information content (AvgIpc) is 2.31. The van der Waals surface area contributed by atoms with E-state index in [0.29, 0.717) is 5.41 Å². The zero-order valence-corrected chi connectivity index (χ0v) is 13.1. The lowest BCUT2D eigenvalue weighted by molar-refractivity contribution is 0.143. The van der Waals surface area contributed by atoms with Crippen LogP contribution in [0.25, 0.3) is 0 Å². The highest BCUT2D eigenvalue weighted by Gasteiger charge is 2.37. The van der Waals surface area contributed by atoms with E-state index in [1.165, 1.54) is 41.6 Å². The molecule has 1 aromatic rings. The van der Waals surface area contributed by atoms with Gasteiger partial charge in [-0.2, -0.15) is 0 Å². The molecule has 0 radical (unpaired) electrons. The van der Waals surface area contributed by atoms with Crippen LogP contribution in [0.15, 0.2) is 12.1 Å². The van der Waals surface area contributed by atoms with Gasteiger partial charge in [0, 0.05) is 31.2 Å². The predicted octanol–water partition coefficient (Wildman–Crippen LogP) is 3.44. The van der Waals surface area contributed by atoms with Crippen molar-refractivity contribution in [2.45, 2.75) is 40.0 Å². The molecule has 19 heavy (non-hydrogen) atoms. The van der Waals surface area contributed by atoms with Crippen LogP contribution >= 0.6 is 0 Å². The van der Waals surface area contributed by atoms with E-state index in [9.17, 15) is 0 Å². The molecule has 1 N–H and O–H groups in total. The predicted molar refractivity (Wildman–Crippen MR) is 84.1 cm³/mol. The summed E-state index contributed by atoms with van der Waals surface area (Å²) in [4.78, 5) is 2.46. The summed E-state index contributed by atoms with van der Waals surface area (Å²) >= 11 is 0. The van der Waals surface area contributed by atoms with E-state index >= 15 is 0 Å². The first kappa shape index (κ1) is 14.4. The van der Waals surface area contributed by atoms with Crippen LogP contribution in [0.3, 0.4) is 0 Å². The van der Waals surface area contributed by atoms with Gasteiger partial charge >= 0.3 is 0 Å². The molecular formula is C17H28N2. The van der Waals surface area contributed by atoms with E-state index in [2.05, 4.69) is 57.2 Å². The Kier molecular flexibility index (Phi) is 4.19. The molecule has 0 unspecified atom stereocenters. The van der Waals surface area contributed by atoms with Gasteiger partial charge in [-0.25, -0.2) is 0 Å². The zero-order valence-electron chi connectivity index (χ0n) is 13.1. The molecule has 106 valence electrons. The largest absolute Gasteiger partial charge is 0.374 e. The summed E-state index contributed by atoms with van der Waals surface area (Å²) in [6.45, 7) is 8.93. The summed E-state index contributed by atoms with van der Waals surface area (Å²) in [7, 11) is 4.31. The van der Waals surface area contributed by atoms with Gasteiger partial charge < -0.3 is 10.2 Å². The molecule has 0 aromatic heterocycles. The molecule has 0 spiro atoms. The van der Waals surface area contributed by atoms with Crippen LogP contribution in [-0.4, -0.2) is 27.2 Å². The molecule has 0 aliphatic heterocycles. The second-order valence-corrected chi connectivity index (χ2v) is 6.46. The third kappa shape index (κ3) is 2.94. The normalized spacial score (nSPS) is 17.1. The summed E-state index contributed by atoms with van der Waals surface area (Å²) in [5, 5.41) is 3.38. The summed E-state index contributed by atoms with van der Waals surface area (Å²) in [6, 6.07) is 4.66. The second-order valence-electron chi connectivity index (χ2n) is 6.46. The van der Waals surface area contributed by atoms with Crippen LogP contribution in [0.2, 0.25) is 0 Å². The fourth-order valence-corrected chi connectivity index (χ4v) is 3.39. The molecule has 2 nitrogen and oxygen atoms in total. The Morgan fingerprint density at radius 2 is 1.74 bits per heavy atom. The van der Waals surface area contributed by atoms with Gasteiger partial charge in [-0.15, -0.1) is 0 Å². The Bertz CT molecular complexity index is 447. The standard InChI is InChI=1S/C17H28N2/c1-13-9-15(3)16(10-14(13)2)19(5)12-17(11-18-4)7-6-8-17/h9-10,18H,6-8,11-12H2,1-5H3. The lowest BCUT2D eigenvalue weighted by atomic mass is 9.68. The van der Waals surface area contributed by atoms with Crippen molar-refractivity contribution in [3.63, 3.8) is 0 Å². The first-order valence-corrected chi connectivity index (χ1v) is 7.41. The molecular weight excluding hydrogens is 232 g/mol. The highest BCUT2D eigenvalue weighted by Crippen LogP contribution is 2.41. The monoisotopic (exact) mass is 260 g/mol. The van der Waals surface area contributed by atoms with Crippen molar-refractivity contribution in [2.75, 3.05) is 32.1 Å². The third-order valence-corrected chi connectivity index (χ3v) is 4.76. The van der Waals surface area contributed by atoms with Crippen molar-refractivity contribution in [3.8, 4) is 0 Å². The molecule has 2 heteroatoms. The maximum atomic E-state index is 3.38. The first-order chi connectivity index (χ1) is 8.97. The Morgan fingerprint density at radius 3 is 2.26 bits per heavy atom. The molecule has 1 aliphatic carbocycles. The van der Waals surface area contributed by atoms with Gasteiger partial charge in [0.25, 0.3) is 0 Å². The summed E-state index contributed by atoms with van der Waals surface area (Å²) in [5.74, 6) is 0. The summed E-state index contributed by atoms with van der Waals surface area (Å²) in [6.07, 6.45) is 4.12. The number of nitrogens with one attached hydrogen (secondary N) is 1. The van der Waals surface area contributed by atoms with Gasteiger partial charge in [0.1, 0.15) is 0 Å². The second kappa shape index (κ2) is 5.54. The molecule has 0 saturated heterocycles. The zero-order chi connectivity index (χ0) is 14.0. The molecule has 0 atom stereocenters. The Labute approximate surface area is 118 Å². The molecule has 2 rings (SSSR count). The number of anilines is 1.